The van der Waals surface area contributed by atoms with Crippen molar-refractivity contribution in [3.05, 3.63) is 46.5 Å². The summed E-state index contributed by atoms with van der Waals surface area (Å²) in [5.74, 6) is -3.28. The van der Waals surface area contributed by atoms with Crippen LogP contribution in [0, 0.1) is 11.6 Å². The van der Waals surface area contributed by atoms with Crippen molar-refractivity contribution < 1.29 is 18.4 Å². The molecule has 0 aliphatic rings. The van der Waals surface area contributed by atoms with E-state index in [4.69, 9.17) is 0 Å². The number of halogens is 2. The number of amides is 2. The van der Waals surface area contributed by atoms with Crippen molar-refractivity contribution in [2.75, 3.05) is 32.5 Å². The number of aromatic nitrogens is 1. The van der Waals surface area contributed by atoms with Gasteiger partial charge in [-0.3, -0.25) is 14.9 Å². The molecule has 0 atom stereocenters. The number of nitrogens with one attached hydrogen (secondary N) is 2. The molecule has 9 heteroatoms. The number of carbonyl (C=O) groups is 2. The summed E-state index contributed by atoms with van der Waals surface area (Å²) >= 11 is 0.993. The van der Waals surface area contributed by atoms with Crippen LogP contribution in [0.3, 0.4) is 0 Å². The smallest absolute Gasteiger partial charge is 0.270 e. The molecule has 0 aliphatic heterocycles. The average molecular weight is 354 g/mol. The number of carbonyl (C=O) groups excluding carboxylic acids is 2. The maximum Gasteiger partial charge on any atom is 0.270 e. The van der Waals surface area contributed by atoms with E-state index in [0.29, 0.717) is 13.1 Å². The van der Waals surface area contributed by atoms with E-state index in [9.17, 15) is 18.4 Å². The molecule has 1 aromatic carbocycles. The largest absolute Gasteiger partial charge is 0.349 e. The van der Waals surface area contributed by atoms with Gasteiger partial charge >= 0.3 is 0 Å². The first kappa shape index (κ1) is 18.0. The Morgan fingerprint density at radius 1 is 1.21 bits per heavy atom. The Balaban J connectivity index is 2.01. The number of rotatable bonds is 6. The zero-order valence-electron chi connectivity index (χ0n) is 13.1. The van der Waals surface area contributed by atoms with Gasteiger partial charge in [0.25, 0.3) is 11.8 Å². The third-order valence-corrected chi connectivity index (χ3v) is 3.75. The van der Waals surface area contributed by atoms with Gasteiger partial charge in [0.05, 0.1) is 0 Å². The summed E-state index contributed by atoms with van der Waals surface area (Å²) in [6, 6.07) is 3.15. The molecular formula is C15H16F2N4O2S. The Morgan fingerprint density at radius 3 is 2.50 bits per heavy atom. The summed E-state index contributed by atoms with van der Waals surface area (Å²) in [7, 11) is 3.76. The van der Waals surface area contributed by atoms with Crippen molar-refractivity contribution in [2.24, 2.45) is 0 Å². The molecule has 0 fully saturated rings. The topological polar surface area (TPSA) is 74.3 Å². The van der Waals surface area contributed by atoms with Crippen molar-refractivity contribution in [2.45, 2.75) is 0 Å². The first-order valence-electron chi connectivity index (χ1n) is 7.02. The van der Waals surface area contributed by atoms with Crippen LogP contribution in [0.1, 0.15) is 20.8 Å². The van der Waals surface area contributed by atoms with Gasteiger partial charge in [0, 0.05) is 18.5 Å². The van der Waals surface area contributed by atoms with Gasteiger partial charge in [-0.1, -0.05) is 6.07 Å². The van der Waals surface area contributed by atoms with E-state index in [0.717, 1.165) is 23.5 Å². The van der Waals surface area contributed by atoms with E-state index < -0.39 is 23.1 Å². The van der Waals surface area contributed by atoms with E-state index in [-0.39, 0.29) is 16.7 Å². The van der Waals surface area contributed by atoms with Gasteiger partial charge in [-0.05, 0) is 26.2 Å². The van der Waals surface area contributed by atoms with Crippen molar-refractivity contribution in [3.63, 3.8) is 0 Å². The van der Waals surface area contributed by atoms with Gasteiger partial charge in [0.2, 0.25) is 0 Å². The van der Waals surface area contributed by atoms with E-state index in [1.54, 1.807) is 0 Å². The molecule has 0 radical (unpaired) electrons. The van der Waals surface area contributed by atoms with Crippen LogP contribution in [0.5, 0.6) is 0 Å². The predicted molar refractivity (Wildman–Crippen MR) is 87.3 cm³/mol. The molecule has 0 saturated carbocycles. The van der Waals surface area contributed by atoms with Crippen LogP contribution in [0.25, 0.3) is 0 Å². The van der Waals surface area contributed by atoms with Crippen molar-refractivity contribution in [1.29, 1.82) is 0 Å². The lowest BCUT2D eigenvalue weighted by Crippen LogP contribution is -2.31. The number of nitrogens with zero attached hydrogens (tertiary/aromatic N) is 2. The van der Waals surface area contributed by atoms with Crippen LogP contribution in [0.15, 0.2) is 23.6 Å². The Kier molecular flexibility index (Phi) is 5.93. The van der Waals surface area contributed by atoms with Gasteiger partial charge in [-0.2, -0.15) is 0 Å². The lowest BCUT2D eigenvalue weighted by atomic mass is 10.2. The first-order valence-corrected chi connectivity index (χ1v) is 7.90. The molecule has 0 aliphatic carbocycles. The molecule has 1 heterocycles. The fraction of sp³-hybridized carbons (Fsp3) is 0.267. The van der Waals surface area contributed by atoms with E-state index >= 15 is 0 Å². The molecule has 1 aromatic heterocycles. The molecule has 0 unspecified atom stereocenters. The second-order valence-electron chi connectivity index (χ2n) is 5.15. The van der Waals surface area contributed by atoms with Crippen LogP contribution in [-0.4, -0.2) is 48.9 Å². The van der Waals surface area contributed by atoms with Crippen LogP contribution in [-0.2, 0) is 0 Å². The Morgan fingerprint density at radius 2 is 1.88 bits per heavy atom. The minimum Gasteiger partial charge on any atom is -0.349 e. The van der Waals surface area contributed by atoms with Gasteiger partial charge in [0.15, 0.2) is 5.13 Å². The number of likely N-dealkylation sites (N-methyl/N-ethyl adjacent to an activating group) is 1. The molecule has 0 bridgehead atoms. The number of hydrogen-bond acceptors (Lipinski definition) is 5. The minimum atomic E-state index is -0.967. The summed E-state index contributed by atoms with van der Waals surface area (Å²) in [5, 5.41) is 6.51. The quantitative estimate of drug-likeness (QED) is 0.832. The summed E-state index contributed by atoms with van der Waals surface area (Å²) in [6.07, 6.45) is 0. The second kappa shape index (κ2) is 7.93. The van der Waals surface area contributed by atoms with Crippen LogP contribution < -0.4 is 10.6 Å². The van der Waals surface area contributed by atoms with Gasteiger partial charge < -0.3 is 10.2 Å². The standard InChI is InChI=1S/C15H16F2N4O2S/c1-21(2)7-6-18-13(22)11-8-24-15(19-11)20-14(23)12-9(16)4-3-5-10(12)17/h3-5,8H,6-7H2,1-2H3,(H,18,22)(H,19,20,23). The number of thiazole rings is 1. The van der Waals surface area contributed by atoms with E-state index in [2.05, 4.69) is 15.6 Å². The average Bonchev–Trinajstić information content (AvgIpc) is 2.95. The summed E-state index contributed by atoms with van der Waals surface area (Å²) < 4.78 is 27.1. The molecule has 24 heavy (non-hydrogen) atoms. The molecule has 2 rings (SSSR count). The van der Waals surface area contributed by atoms with Crippen molar-refractivity contribution in [1.82, 2.24) is 15.2 Å². The normalized spacial score (nSPS) is 10.7. The van der Waals surface area contributed by atoms with E-state index in [1.807, 2.05) is 19.0 Å². The number of hydrogen-bond donors (Lipinski definition) is 2. The lowest BCUT2D eigenvalue weighted by molar-refractivity contribution is 0.0945. The molecule has 128 valence electrons. The molecule has 0 spiro atoms. The third kappa shape index (κ3) is 4.56. The summed E-state index contributed by atoms with van der Waals surface area (Å²) in [6.45, 7) is 1.12. The second-order valence-corrected chi connectivity index (χ2v) is 6.01. The SMILES string of the molecule is CN(C)CCNC(=O)c1csc(NC(=O)c2c(F)cccc2F)n1. The Labute approximate surface area is 141 Å². The van der Waals surface area contributed by atoms with Crippen LogP contribution >= 0.6 is 11.3 Å². The molecule has 0 saturated heterocycles. The number of benzene rings is 1. The van der Waals surface area contributed by atoms with Gasteiger partial charge in [0.1, 0.15) is 22.9 Å². The highest BCUT2D eigenvalue weighted by molar-refractivity contribution is 7.14. The fourth-order valence-electron chi connectivity index (χ4n) is 1.79. The zero-order chi connectivity index (χ0) is 17.7. The minimum absolute atomic E-state index is 0.0837. The highest BCUT2D eigenvalue weighted by atomic mass is 32.1. The Bertz CT molecular complexity index is 729. The fourth-order valence-corrected chi connectivity index (χ4v) is 2.48. The predicted octanol–water partition coefficient (Wildman–Crippen LogP) is 1.97. The Hall–Kier alpha value is -2.39. The third-order valence-electron chi connectivity index (χ3n) is 2.99. The maximum atomic E-state index is 13.6. The van der Waals surface area contributed by atoms with E-state index in [1.165, 1.54) is 11.4 Å². The molecule has 2 N–H and O–H groups in total. The molecular weight excluding hydrogens is 338 g/mol. The summed E-state index contributed by atoms with van der Waals surface area (Å²) in [5.41, 5.74) is -0.562. The van der Waals surface area contributed by atoms with Gasteiger partial charge in [-0.15, -0.1) is 11.3 Å². The first-order chi connectivity index (χ1) is 11.4. The lowest BCUT2D eigenvalue weighted by Gasteiger charge is -2.09. The highest BCUT2D eigenvalue weighted by Gasteiger charge is 2.19. The van der Waals surface area contributed by atoms with Crippen LogP contribution in [0.2, 0.25) is 0 Å². The van der Waals surface area contributed by atoms with Crippen LogP contribution in [0.4, 0.5) is 13.9 Å². The molecule has 6 nitrogen and oxygen atoms in total. The monoisotopic (exact) mass is 354 g/mol. The molecule has 2 amide bonds. The zero-order valence-corrected chi connectivity index (χ0v) is 13.9. The van der Waals surface area contributed by atoms with Crippen molar-refractivity contribution in [3.8, 4) is 0 Å². The maximum absolute atomic E-state index is 13.6. The summed E-state index contributed by atoms with van der Waals surface area (Å²) in [4.78, 5) is 29.7. The van der Waals surface area contributed by atoms with Gasteiger partial charge in [-0.25, -0.2) is 13.8 Å². The number of anilines is 1. The molecule has 2 aromatic rings. The highest BCUT2D eigenvalue weighted by Crippen LogP contribution is 2.18. The van der Waals surface area contributed by atoms with Crippen molar-refractivity contribution >= 4 is 28.3 Å².